The maximum atomic E-state index is 13.2. The number of carbonyl (C=O) groups is 3. The summed E-state index contributed by atoms with van der Waals surface area (Å²) in [6.45, 7) is 2.63. The molecule has 0 aromatic heterocycles. The van der Waals surface area contributed by atoms with E-state index in [1.165, 1.54) is 38.5 Å². The number of imide groups is 1. The molecule has 3 amide bonds. The summed E-state index contributed by atoms with van der Waals surface area (Å²) in [5.41, 5.74) is 1.52. The SMILES string of the molecule is COC1CCC(CN(CC2CCC(OC)CC2)[C@@H]2CCCC[C@H]2Oc2ccc3c(c2)CN(C2CCC(=O)NC2=O)C3=O)CC1. The van der Waals surface area contributed by atoms with E-state index in [-0.39, 0.29) is 30.2 Å². The smallest absolute Gasteiger partial charge is 0.255 e. The second kappa shape index (κ2) is 14.3. The van der Waals surface area contributed by atoms with E-state index in [1.54, 1.807) is 4.90 Å². The Labute approximate surface area is 262 Å². The van der Waals surface area contributed by atoms with Crippen LogP contribution in [0.5, 0.6) is 5.75 Å². The molecule has 0 radical (unpaired) electrons. The van der Waals surface area contributed by atoms with Gasteiger partial charge in [-0.15, -0.1) is 0 Å². The minimum absolute atomic E-state index is 0.107. The molecule has 1 N–H and O–H groups in total. The van der Waals surface area contributed by atoms with Crippen molar-refractivity contribution in [3.63, 3.8) is 0 Å². The molecule has 0 spiro atoms. The predicted molar refractivity (Wildman–Crippen MR) is 166 cm³/mol. The van der Waals surface area contributed by atoms with Gasteiger partial charge in [0.15, 0.2) is 0 Å². The predicted octanol–water partition coefficient (Wildman–Crippen LogP) is 4.85. The summed E-state index contributed by atoms with van der Waals surface area (Å²) < 4.78 is 18.2. The van der Waals surface area contributed by atoms with Gasteiger partial charge in [0.25, 0.3) is 5.91 Å². The maximum absolute atomic E-state index is 13.2. The van der Waals surface area contributed by atoms with Crippen molar-refractivity contribution < 1.29 is 28.6 Å². The Morgan fingerprint density at radius 3 is 2.07 bits per heavy atom. The zero-order chi connectivity index (χ0) is 30.6. The zero-order valence-corrected chi connectivity index (χ0v) is 26.6. The lowest BCUT2D eigenvalue weighted by atomic mass is 9.83. The number of amides is 3. The van der Waals surface area contributed by atoms with Crippen molar-refractivity contribution in [3.8, 4) is 5.75 Å². The second-order valence-electron chi connectivity index (χ2n) is 13.9. The van der Waals surface area contributed by atoms with Crippen LogP contribution in [0.2, 0.25) is 0 Å². The van der Waals surface area contributed by atoms with E-state index < -0.39 is 6.04 Å². The van der Waals surface area contributed by atoms with Gasteiger partial charge in [-0.1, -0.05) is 6.42 Å². The molecule has 3 atom stereocenters. The molecule has 44 heavy (non-hydrogen) atoms. The quantitative estimate of drug-likeness (QED) is 0.379. The molecule has 1 saturated heterocycles. The fourth-order valence-electron chi connectivity index (χ4n) is 8.54. The first-order chi connectivity index (χ1) is 21.4. The van der Waals surface area contributed by atoms with E-state index in [2.05, 4.69) is 10.2 Å². The van der Waals surface area contributed by atoms with Crippen molar-refractivity contribution in [1.82, 2.24) is 15.1 Å². The highest BCUT2D eigenvalue weighted by Gasteiger charge is 2.40. The van der Waals surface area contributed by atoms with Gasteiger partial charge in [-0.25, -0.2) is 0 Å². The van der Waals surface area contributed by atoms with Crippen molar-refractivity contribution in [2.24, 2.45) is 11.8 Å². The van der Waals surface area contributed by atoms with Crippen molar-refractivity contribution in [2.75, 3.05) is 27.3 Å². The first-order valence-electron chi connectivity index (χ1n) is 17.2. The number of piperidine rings is 1. The Morgan fingerprint density at radius 2 is 1.45 bits per heavy atom. The standard InChI is InChI=1S/C35H51N3O6/c1-42-26-11-7-23(8-12-26)20-37(21-24-9-13-27(43-2)14-10-24)30-5-3-4-6-32(30)44-28-15-16-29-25(19-28)22-38(35(29)41)31-17-18-33(39)36-34(31)40/h15-16,19,23-24,26-27,30-32H,3-14,17-18,20-22H2,1-2H3,(H,36,39,40)/t23?,24?,26?,27?,30-,31?,32-/m1/s1. The lowest BCUT2D eigenvalue weighted by molar-refractivity contribution is -0.136. The molecule has 4 fully saturated rings. The second-order valence-corrected chi connectivity index (χ2v) is 13.9. The van der Waals surface area contributed by atoms with Crippen LogP contribution in [0.25, 0.3) is 0 Å². The molecular formula is C35H51N3O6. The molecule has 2 heterocycles. The Balaban J connectivity index is 1.15. The highest BCUT2D eigenvalue weighted by molar-refractivity contribution is 6.05. The average Bonchev–Trinajstić information content (AvgIpc) is 3.36. The Morgan fingerprint density at radius 1 is 0.818 bits per heavy atom. The lowest BCUT2D eigenvalue weighted by Gasteiger charge is -2.44. The minimum atomic E-state index is -0.605. The minimum Gasteiger partial charge on any atom is -0.489 e. The van der Waals surface area contributed by atoms with Crippen molar-refractivity contribution in [1.29, 1.82) is 0 Å². The molecule has 242 valence electrons. The van der Waals surface area contributed by atoms with Crippen molar-refractivity contribution in [3.05, 3.63) is 29.3 Å². The van der Waals surface area contributed by atoms with E-state index in [4.69, 9.17) is 14.2 Å². The number of carbonyl (C=O) groups excluding carboxylic acids is 3. The molecule has 9 heteroatoms. The maximum Gasteiger partial charge on any atom is 0.255 e. The summed E-state index contributed by atoms with van der Waals surface area (Å²) in [6.07, 6.45) is 15.7. The van der Waals surface area contributed by atoms with Gasteiger partial charge in [0, 0.05) is 51.9 Å². The van der Waals surface area contributed by atoms with Crippen LogP contribution in [0.3, 0.4) is 0 Å². The van der Waals surface area contributed by atoms with Crippen LogP contribution in [-0.2, 0) is 25.6 Å². The molecule has 3 aliphatic carbocycles. The number of nitrogens with one attached hydrogen (secondary N) is 1. The zero-order valence-electron chi connectivity index (χ0n) is 26.6. The summed E-state index contributed by atoms with van der Waals surface area (Å²) in [5.74, 6) is 1.41. The Bertz CT molecular complexity index is 1150. The van der Waals surface area contributed by atoms with Crippen LogP contribution in [0.15, 0.2) is 18.2 Å². The van der Waals surface area contributed by atoms with E-state index in [0.29, 0.717) is 48.6 Å². The fraction of sp³-hybridized carbons (Fsp3) is 0.743. The number of nitrogens with zero attached hydrogens (tertiary/aromatic N) is 2. The number of ether oxygens (including phenoxy) is 3. The molecule has 5 aliphatic rings. The van der Waals surface area contributed by atoms with Crippen molar-refractivity contribution >= 4 is 17.7 Å². The van der Waals surface area contributed by atoms with Gasteiger partial charge in [-0.2, -0.15) is 0 Å². The number of hydrogen-bond acceptors (Lipinski definition) is 7. The van der Waals surface area contributed by atoms with Crippen molar-refractivity contribution in [2.45, 2.75) is 127 Å². The summed E-state index contributed by atoms with van der Waals surface area (Å²) in [6, 6.07) is 5.56. The number of benzene rings is 1. The summed E-state index contributed by atoms with van der Waals surface area (Å²) >= 11 is 0. The highest BCUT2D eigenvalue weighted by Crippen LogP contribution is 2.36. The molecular weight excluding hydrogens is 558 g/mol. The van der Waals surface area contributed by atoms with Crippen LogP contribution >= 0.6 is 0 Å². The van der Waals surface area contributed by atoms with E-state index in [0.717, 1.165) is 62.9 Å². The third-order valence-corrected chi connectivity index (χ3v) is 11.2. The third-order valence-electron chi connectivity index (χ3n) is 11.2. The number of fused-ring (bicyclic) bond motifs is 1. The topological polar surface area (TPSA) is 97.4 Å². The van der Waals surface area contributed by atoms with Gasteiger partial charge in [0.2, 0.25) is 11.8 Å². The molecule has 1 unspecified atom stereocenters. The Hall–Kier alpha value is -2.49. The van der Waals surface area contributed by atoms with Crippen LogP contribution in [0, 0.1) is 11.8 Å². The molecule has 0 bridgehead atoms. The van der Waals surface area contributed by atoms with Gasteiger partial charge in [0.1, 0.15) is 17.9 Å². The first-order valence-corrected chi connectivity index (χ1v) is 17.2. The highest BCUT2D eigenvalue weighted by atomic mass is 16.5. The fourth-order valence-corrected chi connectivity index (χ4v) is 8.54. The molecule has 1 aromatic rings. The number of methoxy groups -OCH3 is 2. The number of rotatable bonds is 10. The third kappa shape index (κ3) is 7.15. The molecule has 2 aliphatic heterocycles. The van der Waals surface area contributed by atoms with E-state index in [9.17, 15) is 14.4 Å². The molecule has 3 saturated carbocycles. The van der Waals surface area contributed by atoms with Crippen LogP contribution < -0.4 is 10.1 Å². The Kier molecular flexibility index (Phi) is 10.2. The summed E-state index contributed by atoms with van der Waals surface area (Å²) in [4.78, 5) is 41.8. The van der Waals surface area contributed by atoms with Crippen LogP contribution in [-0.4, -0.2) is 85.2 Å². The van der Waals surface area contributed by atoms with Gasteiger partial charge in [0.05, 0.1) is 12.2 Å². The van der Waals surface area contributed by atoms with Gasteiger partial charge >= 0.3 is 0 Å². The molecule has 9 nitrogen and oxygen atoms in total. The monoisotopic (exact) mass is 609 g/mol. The van der Waals surface area contributed by atoms with E-state index in [1.807, 2.05) is 32.4 Å². The van der Waals surface area contributed by atoms with Gasteiger partial charge in [-0.05, 0) is 113 Å². The van der Waals surface area contributed by atoms with E-state index >= 15 is 0 Å². The van der Waals surface area contributed by atoms with Crippen LogP contribution in [0.1, 0.15) is 106 Å². The summed E-state index contributed by atoms with van der Waals surface area (Å²) in [7, 11) is 3.69. The van der Waals surface area contributed by atoms with Crippen LogP contribution in [0.4, 0.5) is 0 Å². The summed E-state index contributed by atoms with van der Waals surface area (Å²) in [5, 5.41) is 2.39. The average molecular weight is 610 g/mol. The van der Waals surface area contributed by atoms with Gasteiger partial charge in [-0.3, -0.25) is 24.6 Å². The normalized spacial score (nSPS) is 32.9. The molecule has 6 rings (SSSR count). The molecule has 1 aromatic carbocycles. The lowest BCUT2D eigenvalue weighted by Crippen LogP contribution is -2.52. The first kappa shape index (κ1) is 31.5. The largest absolute Gasteiger partial charge is 0.489 e. The number of hydrogen-bond donors (Lipinski definition) is 1. The van der Waals surface area contributed by atoms with Gasteiger partial charge < -0.3 is 19.1 Å².